The molecule has 124 valence electrons. The van der Waals surface area contributed by atoms with Gasteiger partial charge >= 0.3 is 0 Å². The molecule has 0 spiro atoms. The van der Waals surface area contributed by atoms with Crippen LogP contribution in [-0.4, -0.2) is 36.0 Å². The topological polar surface area (TPSA) is 70.4 Å². The van der Waals surface area contributed by atoms with Crippen molar-refractivity contribution in [1.82, 2.24) is 4.90 Å². The van der Waals surface area contributed by atoms with Crippen molar-refractivity contribution >= 4 is 23.0 Å². The number of rotatable bonds is 5. The van der Waals surface area contributed by atoms with Crippen LogP contribution in [0.3, 0.4) is 0 Å². The summed E-state index contributed by atoms with van der Waals surface area (Å²) in [6.07, 6.45) is 2.73. The summed E-state index contributed by atoms with van der Waals surface area (Å²) in [5, 5.41) is 6.37. The Morgan fingerprint density at radius 2 is 1.75 bits per heavy atom. The summed E-state index contributed by atoms with van der Waals surface area (Å²) >= 11 is 0. The number of anilines is 3. The molecule has 1 aliphatic heterocycles. The molecule has 0 aromatic heterocycles. The van der Waals surface area contributed by atoms with E-state index in [-0.39, 0.29) is 5.91 Å². The van der Waals surface area contributed by atoms with E-state index < -0.39 is 0 Å². The van der Waals surface area contributed by atoms with Crippen LogP contribution in [0.2, 0.25) is 0 Å². The lowest BCUT2D eigenvalue weighted by Gasteiger charge is -2.40. The lowest BCUT2D eigenvalue weighted by atomic mass is 10.1. The number of benzene rings is 2. The number of hydrogen-bond donors (Lipinski definition) is 3. The molecule has 24 heavy (non-hydrogen) atoms. The average Bonchev–Trinajstić information content (AvgIpc) is 3.38. The lowest BCUT2D eigenvalue weighted by molar-refractivity contribution is 0.102. The quantitative estimate of drug-likeness (QED) is 0.740. The molecule has 4 N–H and O–H groups in total. The third kappa shape index (κ3) is 3.21. The van der Waals surface area contributed by atoms with Gasteiger partial charge < -0.3 is 16.4 Å². The van der Waals surface area contributed by atoms with Gasteiger partial charge in [-0.05, 0) is 49.2 Å². The van der Waals surface area contributed by atoms with E-state index in [4.69, 9.17) is 5.73 Å². The fourth-order valence-corrected chi connectivity index (χ4v) is 3.10. The highest BCUT2D eigenvalue weighted by molar-refractivity contribution is 6.05. The molecule has 1 amide bonds. The standard InChI is InChI=1S/C19H22N4O/c20-17-3-1-2-4-18(17)22-19(24)13-5-7-14(8-6-13)21-15-11-23(12-15)16-9-10-16/h1-8,15-16,21H,9-12,20H2,(H,22,24). The summed E-state index contributed by atoms with van der Waals surface area (Å²) in [6, 6.07) is 16.2. The first-order valence-corrected chi connectivity index (χ1v) is 8.45. The summed E-state index contributed by atoms with van der Waals surface area (Å²) in [7, 11) is 0. The van der Waals surface area contributed by atoms with Gasteiger partial charge in [-0.3, -0.25) is 9.69 Å². The minimum Gasteiger partial charge on any atom is -0.397 e. The second kappa shape index (κ2) is 6.17. The van der Waals surface area contributed by atoms with Crippen LogP contribution in [0.4, 0.5) is 17.1 Å². The Hall–Kier alpha value is -2.53. The highest BCUT2D eigenvalue weighted by Gasteiger charge is 2.37. The Kier molecular flexibility index (Phi) is 3.86. The molecule has 5 heteroatoms. The monoisotopic (exact) mass is 322 g/mol. The third-order valence-electron chi connectivity index (χ3n) is 4.70. The van der Waals surface area contributed by atoms with Gasteiger partial charge in [0.15, 0.2) is 0 Å². The van der Waals surface area contributed by atoms with Crippen molar-refractivity contribution in [3.05, 3.63) is 54.1 Å². The van der Waals surface area contributed by atoms with Gasteiger partial charge in [-0.25, -0.2) is 0 Å². The molecule has 2 aromatic rings. The van der Waals surface area contributed by atoms with E-state index in [2.05, 4.69) is 15.5 Å². The lowest BCUT2D eigenvalue weighted by Crippen LogP contribution is -2.55. The van der Waals surface area contributed by atoms with E-state index in [1.54, 1.807) is 12.1 Å². The Labute approximate surface area is 141 Å². The van der Waals surface area contributed by atoms with Crippen LogP contribution in [-0.2, 0) is 0 Å². The van der Waals surface area contributed by atoms with Crippen LogP contribution >= 0.6 is 0 Å². The zero-order chi connectivity index (χ0) is 16.5. The Bertz CT molecular complexity index is 733. The second-order valence-electron chi connectivity index (χ2n) is 6.65. The minimum atomic E-state index is -0.150. The summed E-state index contributed by atoms with van der Waals surface area (Å²) in [4.78, 5) is 14.8. The molecular formula is C19H22N4O. The van der Waals surface area contributed by atoms with Gasteiger partial charge in [0.05, 0.1) is 17.4 Å². The highest BCUT2D eigenvalue weighted by Crippen LogP contribution is 2.31. The Morgan fingerprint density at radius 3 is 2.42 bits per heavy atom. The molecule has 1 saturated carbocycles. The zero-order valence-electron chi connectivity index (χ0n) is 13.5. The molecule has 0 atom stereocenters. The van der Waals surface area contributed by atoms with Crippen molar-refractivity contribution in [3.63, 3.8) is 0 Å². The number of nitrogen functional groups attached to an aromatic ring is 1. The number of likely N-dealkylation sites (tertiary alicyclic amines) is 1. The normalized spacial score (nSPS) is 18.0. The minimum absolute atomic E-state index is 0.150. The van der Waals surface area contributed by atoms with Crippen molar-refractivity contribution < 1.29 is 4.79 Å². The number of nitrogens with one attached hydrogen (secondary N) is 2. The molecule has 0 radical (unpaired) electrons. The van der Waals surface area contributed by atoms with Crippen LogP contribution in [0, 0.1) is 0 Å². The van der Waals surface area contributed by atoms with E-state index in [0.29, 0.717) is 23.0 Å². The highest BCUT2D eigenvalue weighted by atomic mass is 16.1. The maximum Gasteiger partial charge on any atom is 0.255 e. The van der Waals surface area contributed by atoms with Crippen LogP contribution in [0.1, 0.15) is 23.2 Å². The number of nitrogens with zero attached hydrogens (tertiary/aromatic N) is 1. The Morgan fingerprint density at radius 1 is 1.04 bits per heavy atom. The molecule has 1 saturated heterocycles. The number of nitrogens with two attached hydrogens (primary N) is 1. The summed E-state index contributed by atoms with van der Waals surface area (Å²) in [5.41, 5.74) is 8.74. The van der Waals surface area contributed by atoms with Crippen molar-refractivity contribution in [1.29, 1.82) is 0 Å². The van der Waals surface area contributed by atoms with Gasteiger partial charge in [-0.15, -0.1) is 0 Å². The van der Waals surface area contributed by atoms with Crippen molar-refractivity contribution in [2.24, 2.45) is 0 Å². The third-order valence-corrected chi connectivity index (χ3v) is 4.70. The fourth-order valence-electron chi connectivity index (χ4n) is 3.10. The van der Waals surface area contributed by atoms with Gasteiger partial charge in [-0.1, -0.05) is 12.1 Å². The van der Waals surface area contributed by atoms with E-state index in [9.17, 15) is 4.79 Å². The van der Waals surface area contributed by atoms with Crippen LogP contribution < -0.4 is 16.4 Å². The van der Waals surface area contributed by atoms with Crippen LogP contribution in [0.5, 0.6) is 0 Å². The maximum atomic E-state index is 12.3. The molecule has 0 bridgehead atoms. The molecule has 0 unspecified atom stereocenters. The first-order valence-electron chi connectivity index (χ1n) is 8.45. The first kappa shape index (κ1) is 15.0. The van der Waals surface area contributed by atoms with Gasteiger partial charge in [0.1, 0.15) is 0 Å². The maximum absolute atomic E-state index is 12.3. The average molecular weight is 322 g/mol. The van der Waals surface area contributed by atoms with Crippen LogP contribution in [0.25, 0.3) is 0 Å². The second-order valence-corrected chi connectivity index (χ2v) is 6.65. The summed E-state index contributed by atoms with van der Waals surface area (Å²) in [5.74, 6) is -0.150. The van der Waals surface area contributed by atoms with E-state index in [1.807, 2.05) is 36.4 Å². The molecule has 2 aliphatic rings. The van der Waals surface area contributed by atoms with Crippen molar-refractivity contribution in [2.75, 3.05) is 29.5 Å². The molecule has 5 nitrogen and oxygen atoms in total. The van der Waals surface area contributed by atoms with Crippen molar-refractivity contribution in [2.45, 2.75) is 24.9 Å². The molecule has 1 heterocycles. The molecular weight excluding hydrogens is 300 g/mol. The number of carbonyl (C=O) groups is 1. The smallest absolute Gasteiger partial charge is 0.255 e. The van der Waals surface area contributed by atoms with Gasteiger partial charge in [0.25, 0.3) is 5.91 Å². The van der Waals surface area contributed by atoms with E-state index in [1.165, 1.54) is 12.8 Å². The first-order chi connectivity index (χ1) is 11.7. The van der Waals surface area contributed by atoms with Gasteiger partial charge in [0, 0.05) is 30.4 Å². The van der Waals surface area contributed by atoms with Gasteiger partial charge in [0.2, 0.25) is 0 Å². The molecule has 2 fully saturated rings. The van der Waals surface area contributed by atoms with Gasteiger partial charge in [-0.2, -0.15) is 0 Å². The fraction of sp³-hybridized carbons (Fsp3) is 0.316. The molecule has 1 aliphatic carbocycles. The number of carbonyl (C=O) groups excluding carboxylic acids is 1. The number of amides is 1. The summed E-state index contributed by atoms with van der Waals surface area (Å²) in [6.45, 7) is 2.25. The van der Waals surface area contributed by atoms with Crippen molar-refractivity contribution in [3.8, 4) is 0 Å². The predicted molar refractivity (Wildman–Crippen MR) is 97.3 cm³/mol. The van der Waals surface area contributed by atoms with Crippen LogP contribution in [0.15, 0.2) is 48.5 Å². The molecule has 4 rings (SSSR count). The van der Waals surface area contributed by atoms with E-state index >= 15 is 0 Å². The Balaban J connectivity index is 1.33. The number of para-hydroxylation sites is 2. The zero-order valence-corrected chi connectivity index (χ0v) is 13.5. The summed E-state index contributed by atoms with van der Waals surface area (Å²) < 4.78 is 0. The largest absolute Gasteiger partial charge is 0.397 e. The predicted octanol–water partition coefficient (Wildman–Crippen LogP) is 2.78. The SMILES string of the molecule is Nc1ccccc1NC(=O)c1ccc(NC2CN(C3CC3)C2)cc1. The van der Waals surface area contributed by atoms with E-state index in [0.717, 1.165) is 24.8 Å². The number of hydrogen-bond acceptors (Lipinski definition) is 4. The molecule has 2 aromatic carbocycles.